The molecule has 7 nitrogen and oxygen atoms in total. The molecule has 1 saturated heterocycles. The molecule has 3 aromatic carbocycles. The Morgan fingerprint density at radius 1 is 0.976 bits per heavy atom. The molecular formula is C31H28Cl2FN3O4S. The van der Waals surface area contributed by atoms with Gasteiger partial charge in [0.1, 0.15) is 10.7 Å². The maximum Gasteiger partial charge on any atom is 0.274 e. The summed E-state index contributed by atoms with van der Waals surface area (Å²) in [5.74, 6) is -1.51. The van der Waals surface area contributed by atoms with Gasteiger partial charge >= 0.3 is 0 Å². The second-order valence-electron chi connectivity index (χ2n) is 10.5. The van der Waals surface area contributed by atoms with Crippen LogP contribution in [0, 0.1) is 11.7 Å². The van der Waals surface area contributed by atoms with Crippen LogP contribution in [0.4, 0.5) is 4.39 Å². The van der Waals surface area contributed by atoms with Gasteiger partial charge in [0.25, 0.3) is 5.91 Å². The van der Waals surface area contributed by atoms with E-state index < -0.39 is 32.7 Å². The van der Waals surface area contributed by atoms with Crippen molar-refractivity contribution >= 4 is 50.9 Å². The summed E-state index contributed by atoms with van der Waals surface area (Å²) in [7, 11) is -4.17. The van der Waals surface area contributed by atoms with E-state index in [-0.39, 0.29) is 37.8 Å². The normalized spacial score (nSPS) is 22.2. The molecule has 1 aliphatic carbocycles. The zero-order valence-electron chi connectivity index (χ0n) is 22.5. The van der Waals surface area contributed by atoms with Crippen LogP contribution >= 0.6 is 23.2 Å². The number of ether oxygens (including phenoxy) is 1. The summed E-state index contributed by atoms with van der Waals surface area (Å²) in [4.78, 5) is 13.6. The minimum Gasteiger partial charge on any atom is -0.379 e. The van der Waals surface area contributed by atoms with Crippen molar-refractivity contribution in [3.05, 3.63) is 105 Å². The van der Waals surface area contributed by atoms with Gasteiger partial charge in [-0.3, -0.25) is 4.79 Å². The van der Waals surface area contributed by atoms with Crippen molar-refractivity contribution in [2.24, 2.45) is 11.0 Å². The van der Waals surface area contributed by atoms with Gasteiger partial charge in [0.15, 0.2) is 0 Å². The van der Waals surface area contributed by atoms with Crippen LogP contribution in [0.2, 0.25) is 10.0 Å². The standard InChI is InChI=1S/C31H28Cl2FN3O4S/c32-24-9-4-20(5-10-24)18-22-2-1-3-26-29(22)35-37(30(26)21-6-11-25(33)12-7-21)31(38)23-8-13-27(34)28(19-23)42(39,40)36-14-16-41-17-15-36/h4-13,18-19,26,30H,1-3,14-17H2. The van der Waals surface area contributed by atoms with E-state index in [2.05, 4.69) is 6.08 Å². The molecule has 3 aromatic rings. The van der Waals surface area contributed by atoms with Gasteiger partial charge in [0.05, 0.1) is 25.0 Å². The minimum absolute atomic E-state index is 0.0356. The summed E-state index contributed by atoms with van der Waals surface area (Å²) >= 11 is 12.3. The summed E-state index contributed by atoms with van der Waals surface area (Å²) in [6.07, 6.45) is 4.59. The lowest BCUT2D eigenvalue weighted by Crippen LogP contribution is -2.41. The van der Waals surface area contributed by atoms with Gasteiger partial charge in [-0.1, -0.05) is 47.5 Å². The zero-order valence-corrected chi connectivity index (χ0v) is 24.9. The van der Waals surface area contributed by atoms with Crippen molar-refractivity contribution < 1.29 is 22.3 Å². The fourth-order valence-electron chi connectivity index (χ4n) is 5.81. The van der Waals surface area contributed by atoms with Gasteiger partial charge in [-0.15, -0.1) is 0 Å². The molecule has 0 radical (unpaired) electrons. The lowest BCUT2D eigenvalue weighted by Gasteiger charge is -2.30. The van der Waals surface area contributed by atoms with Crippen molar-refractivity contribution in [1.29, 1.82) is 0 Å². The molecular weight excluding hydrogens is 600 g/mol. The van der Waals surface area contributed by atoms with E-state index in [9.17, 15) is 17.6 Å². The van der Waals surface area contributed by atoms with Crippen LogP contribution in [0.1, 0.15) is 46.8 Å². The Bertz CT molecular complexity index is 1670. The first-order valence-corrected chi connectivity index (χ1v) is 15.9. The summed E-state index contributed by atoms with van der Waals surface area (Å²) in [6, 6.07) is 17.8. The van der Waals surface area contributed by atoms with Gasteiger partial charge in [0.2, 0.25) is 10.0 Å². The summed E-state index contributed by atoms with van der Waals surface area (Å²) in [5.41, 5.74) is 3.70. The first kappa shape index (κ1) is 29.0. The number of benzene rings is 3. The fraction of sp³-hybridized carbons (Fsp3) is 0.290. The smallest absolute Gasteiger partial charge is 0.274 e. The molecule has 6 rings (SSSR count). The van der Waals surface area contributed by atoms with E-state index in [0.29, 0.717) is 10.0 Å². The summed E-state index contributed by atoms with van der Waals surface area (Å²) in [5, 5.41) is 7.50. The van der Waals surface area contributed by atoms with Crippen LogP contribution < -0.4 is 0 Å². The Balaban J connectivity index is 1.40. The second-order valence-corrected chi connectivity index (χ2v) is 13.3. The molecule has 0 bridgehead atoms. The highest BCUT2D eigenvalue weighted by Crippen LogP contribution is 2.45. The Morgan fingerprint density at radius 3 is 2.33 bits per heavy atom. The molecule has 2 aliphatic heterocycles. The molecule has 0 spiro atoms. The third-order valence-electron chi connectivity index (χ3n) is 7.90. The summed E-state index contributed by atoms with van der Waals surface area (Å²) < 4.78 is 48.0. The molecule has 1 amide bonds. The van der Waals surface area contributed by atoms with E-state index in [1.54, 1.807) is 12.1 Å². The van der Waals surface area contributed by atoms with Crippen LogP contribution in [0.3, 0.4) is 0 Å². The fourth-order valence-corrected chi connectivity index (χ4v) is 7.56. The molecule has 2 atom stereocenters. The lowest BCUT2D eigenvalue weighted by molar-refractivity contribution is 0.0680. The first-order valence-electron chi connectivity index (χ1n) is 13.7. The molecule has 42 heavy (non-hydrogen) atoms. The summed E-state index contributed by atoms with van der Waals surface area (Å²) in [6.45, 7) is 0.674. The van der Waals surface area contributed by atoms with E-state index in [1.807, 2.05) is 36.4 Å². The van der Waals surface area contributed by atoms with Crippen LogP contribution in [0.5, 0.6) is 0 Å². The maximum atomic E-state index is 14.9. The first-order chi connectivity index (χ1) is 20.2. The molecule has 1 saturated carbocycles. The number of halogens is 3. The SMILES string of the molecule is O=C(c1ccc(F)c(S(=O)(=O)N2CCOCC2)c1)N1N=C2C(=Cc3ccc(Cl)cc3)CCCC2C1c1ccc(Cl)cc1. The van der Waals surface area contributed by atoms with E-state index >= 15 is 0 Å². The Labute approximate surface area is 254 Å². The maximum absolute atomic E-state index is 14.9. The van der Waals surface area contributed by atoms with Crippen LogP contribution in [0.15, 0.2) is 82.3 Å². The Kier molecular flexibility index (Phi) is 8.22. The highest BCUT2D eigenvalue weighted by Gasteiger charge is 2.44. The number of hydrogen-bond acceptors (Lipinski definition) is 5. The number of sulfonamides is 1. The quantitative estimate of drug-likeness (QED) is 0.320. The lowest BCUT2D eigenvalue weighted by atomic mass is 9.77. The largest absolute Gasteiger partial charge is 0.379 e. The molecule has 2 fully saturated rings. The number of nitrogens with zero attached hydrogens (tertiary/aromatic N) is 3. The minimum atomic E-state index is -4.17. The number of carbonyl (C=O) groups excluding carboxylic acids is 1. The van der Waals surface area contributed by atoms with Crippen molar-refractivity contribution in [1.82, 2.24) is 9.31 Å². The van der Waals surface area contributed by atoms with Crippen LogP contribution in [-0.2, 0) is 14.8 Å². The third kappa shape index (κ3) is 5.64. The number of carbonyl (C=O) groups is 1. The average molecular weight is 629 g/mol. The topological polar surface area (TPSA) is 79.3 Å². The molecule has 2 heterocycles. The van der Waals surface area contributed by atoms with Gasteiger partial charge < -0.3 is 4.74 Å². The monoisotopic (exact) mass is 627 g/mol. The van der Waals surface area contributed by atoms with Crippen molar-refractivity contribution in [3.8, 4) is 0 Å². The van der Waals surface area contributed by atoms with E-state index in [0.717, 1.165) is 53.8 Å². The van der Waals surface area contributed by atoms with Crippen LogP contribution in [0.25, 0.3) is 6.08 Å². The third-order valence-corrected chi connectivity index (χ3v) is 10.3. The van der Waals surface area contributed by atoms with E-state index in [4.69, 9.17) is 33.0 Å². The number of amides is 1. The second kappa shape index (κ2) is 11.9. The number of allylic oxidation sites excluding steroid dienone is 1. The predicted molar refractivity (Wildman–Crippen MR) is 161 cm³/mol. The van der Waals surface area contributed by atoms with Gasteiger partial charge in [0, 0.05) is 34.6 Å². The highest BCUT2D eigenvalue weighted by atomic mass is 35.5. The number of fused-ring (bicyclic) bond motifs is 1. The number of hydrogen-bond donors (Lipinski definition) is 0. The highest BCUT2D eigenvalue weighted by molar-refractivity contribution is 7.89. The number of hydrazone groups is 1. The van der Waals surface area contributed by atoms with E-state index in [1.165, 1.54) is 15.4 Å². The Hall–Kier alpha value is -3.08. The van der Waals surface area contributed by atoms with Crippen molar-refractivity contribution in [2.45, 2.75) is 30.2 Å². The van der Waals surface area contributed by atoms with Crippen molar-refractivity contribution in [2.75, 3.05) is 26.3 Å². The molecule has 11 heteroatoms. The molecule has 3 aliphatic rings. The predicted octanol–water partition coefficient (Wildman–Crippen LogP) is 6.59. The molecule has 0 N–H and O–H groups in total. The molecule has 218 valence electrons. The van der Waals surface area contributed by atoms with Gasteiger partial charge in [-0.2, -0.15) is 9.41 Å². The van der Waals surface area contributed by atoms with Crippen LogP contribution in [-0.4, -0.2) is 55.7 Å². The van der Waals surface area contributed by atoms with Crippen molar-refractivity contribution in [3.63, 3.8) is 0 Å². The number of morpholine rings is 1. The van der Waals surface area contributed by atoms with Gasteiger partial charge in [-0.25, -0.2) is 17.8 Å². The average Bonchev–Trinajstić information content (AvgIpc) is 3.39. The number of rotatable bonds is 5. The van der Waals surface area contributed by atoms with Gasteiger partial charge in [-0.05, 0) is 84.5 Å². The Morgan fingerprint density at radius 2 is 1.64 bits per heavy atom. The molecule has 2 unspecified atom stereocenters. The molecule has 0 aromatic heterocycles. The zero-order chi connectivity index (χ0) is 29.4.